The van der Waals surface area contributed by atoms with Gasteiger partial charge < -0.3 is 11.1 Å². The van der Waals surface area contributed by atoms with Crippen LogP contribution in [0.15, 0.2) is 18.2 Å². The monoisotopic (exact) mass is 231 g/mol. The van der Waals surface area contributed by atoms with Crippen LogP contribution >= 0.6 is 0 Å². The van der Waals surface area contributed by atoms with Gasteiger partial charge in [-0.1, -0.05) is 20.8 Å². The maximum absolute atomic E-state index is 8.73. The maximum Gasteiger partial charge on any atom is 0.0670 e. The van der Waals surface area contributed by atoms with Gasteiger partial charge in [0.2, 0.25) is 0 Å². The van der Waals surface area contributed by atoms with E-state index in [1.807, 2.05) is 18.2 Å². The SMILES string of the molecule is CCC(Nc1ccc(N)c(CC#N)c1)C(C)C. The lowest BCUT2D eigenvalue weighted by atomic mass is 10.0. The van der Waals surface area contributed by atoms with Crippen molar-refractivity contribution >= 4 is 11.4 Å². The molecule has 92 valence electrons. The van der Waals surface area contributed by atoms with Crippen LogP contribution in [0.25, 0.3) is 0 Å². The second-order valence-electron chi connectivity index (χ2n) is 4.65. The van der Waals surface area contributed by atoms with Crippen molar-refractivity contribution in [3.05, 3.63) is 23.8 Å². The highest BCUT2D eigenvalue weighted by Crippen LogP contribution is 2.21. The van der Waals surface area contributed by atoms with Crippen molar-refractivity contribution in [3.63, 3.8) is 0 Å². The molecule has 0 aliphatic heterocycles. The number of benzene rings is 1. The van der Waals surface area contributed by atoms with E-state index in [1.165, 1.54) is 0 Å². The van der Waals surface area contributed by atoms with E-state index in [0.29, 0.717) is 24.1 Å². The summed E-state index contributed by atoms with van der Waals surface area (Å²) in [4.78, 5) is 0. The topological polar surface area (TPSA) is 61.8 Å². The second-order valence-corrected chi connectivity index (χ2v) is 4.65. The third kappa shape index (κ3) is 3.67. The molecule has 0 amide bonds. The van der Waals surface area contributed by atoms with Crippen LogP contribution in [0.3, 0.4) is 0 Å². The number of nitrogens with zero attached hydrogens (tertiary/aromatic N) is 1. The summed E-state index contributed by atoms with van der Waals surface area (Å²) in [6.07, 6.45) is 1.44. The van der Waals surface area contributed by atoms with Gasteiger partial charge in [-0.3, -0.25) is 0 Å². The summed E-state index contributed by atoms with van der Waals surface area (Å²) in [5, 5.41) is 12.2. The molecule has 0 spiro atoms. The number of nitrogens with two attached hydrogens (primary N) is 1. The molecule has 3 heteroatoms. The number of nitrogens with one attached hydrogen (secondary N) is 1. The van der Waals surface area contributed by atoms with Gasteiger partial charge in [0.1, 0.15) is 0 Å². The molecule has 1 aromatic carbocycles. The average Bonchev–Trinajstić information content (AvgIpc) is 2.30. The van der Waals surface area contributed by atoms with Gasteiger partial charge in [-0.05, 0) is 36.1 Å². The van der Waals surface area contributed by atoms with Crippen LogP contribution in [0.4, 0.5) is 11.4 Å². The largest absolute Gasteiger partial charge is 0.398 e. The summed E-state index contributed by atoms with van der Waals surface area (Å²) < 4.78 is 0. The highest BCUT2D eigenvalue weighted by Gasteiger charge is 2.11. The molecule has 0 fully saturated rings. The van der Waals surface area contributed by atoms with Gasteiger partial charge in [0.25, 0.3) is 0 Å². The predicted octanol–water partition coefficient (Wildman–Crippen LogP) is 3.18. The second kappa shape index (κ2) is 6.15. The van der Waals surface area contributed by atoms with E-state index in [1.54, 1.807) is 0 Å². The molecule has 3 nitrogen and oxygen atoms in total. The summed E-state index contributed by atoms with van der Waals surface area (Å²) >= 11 is 0. The van der Waals surface area contributed by atoms with Crippen molar-refractivity contribution in [2.45, 2.75) is 39.7 Å². The molecule has 0 saturated heterocycles. The highest BCUT2D eigenvalue weighted by atomic mass is 14.9. The van der Waals surface area contributed by atoms with Gasteiger partial charge in [-0.25, -0.2) is 0 Å². The quantitative estimate of drug-likeness (QED) is 0.765. The summed E-state index contributed by atoms with van der Waals surface area (Å²) in [6.45, 7) is 6.58. The average molecular weight is 231 g/mol. The van der Waals surface area contributed by atoms with Crippen molar-refractivity contribution in [2.75, 3.05) is 11.1 Å². The number of nitrogen functional groups attached to an aromatic ring is 1. The van der Waals surface area contributed by atoms with Crippen LogP contribution in [0, 0.1) is 17.2 Å². The smallest absolute Gasteiger partial charge is 0.0670 e. The zero-order valence-corrected chi connectivity index (χ0v) is 10.8. The Hall–Kier alpha value is -1.69. The first-order valence-electron chi connectivity index (χ1n) is 6.10. The maximum atomic E-state index is 8.73. The zero-order valence-electron chi connectivity index (χ0n) is 10.8. The summed E-state index contributed by atoms with van der Waals surface area (Å²) in [5.74, 6) is 0.581. The first-order valence-corrected chi connectivity index (χ1v) is 6.10. The van der Waals surface area contributed by atoms with Crippen LogP contribution in [0.2, 0.25) is 0 Å². The van der Waals surface area contributed by atoms with Gasteiger partial charge in [-0.2, -0.15) is 5.26 Å². The van der Waals surface area contributed by atoms with Crippen LogP contribution in [0.1, 0.15) is 32.8 Å². The minimum absolute atomic E-state index is 0.361. The van der Waals surface area contributed by atoms with Crippen molar-refractivity contribution in [1.82, 2.24) is 0 Å². The van der Waals surface area contributed by atoms with E-state index in [0.717, 1.165) is 17.7 Å². The van der Waals surface area contributed by atoms with Crippen molar-refractivity contribution in [3.8, 4) is 6.07 Å². The summed E-state index contributed by atoms with van der Waals surface area (Å²) in [7, 11) is 0. The summed E-state index contributed by atoms with van der Waals surface area (Å²) in [5.41, 5.74) is 8.45. The van der Waals surface area contributed by atoms with Crippen molar-refractivity contribution in [2.24, 2.45) is 5.92 Å². The van der Waals surface area contributed by atoms with Crippen LogP contribution in [-0.2, 0) is 6.42 Å². The molecule has 0 radical (unpaired) electrons. The van der Waals surface area contributed by atoms with E-state index < -0.39 is 0 Å². The Bertz CT molecular complexity index is 404. The zero-order chi connectivity index (χ0) is 12.8. The Morgan fingerprint density at radius 1 is 1.41 bits per heavy atom. The van der Waals surface area contributed by atoms with Gasteiger partial charge in [0.05, 0.1) is 12.5 Å². The Labute approximate surface area is 104 Å². The van der Waals surface area contributed by atoms with E-state index >= 15 is 0 Å². The standard InChI is InChI=1S/C14H21N3/c1-4-14(10(2)3)17-12-5-6-13(16)11(9-12)7-8-15/h5-6,9-10,14,17H,4,7,16H2,1-3H3. The molecule has 1 rings (SSSR count). The first-order chi connectivity index (χ1) is 8.08. The number of anilines is 2. The van der Waals surface area contributed by atoms with Crippen LogP contribution in [-0.4, -0.2) is 6.04 Å². The highest BCUT2D eigenvalue weighted by molar-refractivity contribution is 5.58. The van der Waals surface area contributed by atoms with Gasteiger partial charge in [-0.15, -0.1) is 0 Å². The molecule has 0 saturated carbocycles. The molecule has 0 bridgehead atoms. The molecular formula is C14H21N3. The van der Waals surface area contributed by atoms with Gasteiger partial charge >= 0.3 is 0 Å². The molecule has 0 heterocycles. The molecule has 3 N–H and O–H groups in total. The van der Waals surface area contributed by atoms with Gasteiger partial charge in [0, 0.05) is 17.4 Å². The Balaban J connectivity index is 2.85. The molecule has 1 unspecified atom stereocenters. The Morgan fingerprint density at radius 2 is 2.12 bits per heavy atom. The predicted molar refractivity (Wildman–Crippen MR) is 72.7 cm³/mol. The molecule has 1 aromatic rings. The lowest BCUT2D eigenvalue weighted by Gasteiger charge is -2.22. The molecule has 0 aromatic heterocycles. The lowest BCUT2D eigenvalue weighted by molar-refractivity contribution is 0.511. The number of nitriles is 1. The van der Waals surface area contributed by atoms with E-state index in [2.05, 4.69) is 32.2 Å². The third-order valence-corrected chi connectivity index (χ3v) is 3.01. The molecule has 0 aliphatic rings. The molecule has 0 aliphatic carbocycles. The number of rotatable bonds is 5. The fourth-order valence-electron chi connectivity index (χ4n) is 1.89. The Morgan fingerprint density at radius 3 is 2.65 bits per heavy atom. The van der Waals surface area contributed by atoms with Gasteiger partial charge in [0.15, 0.2) is 0 Å². The lowest BCUT2D eigenvalue weighted by Crippen LogP contribution is -2.24. The molecule has 17 heavy (non-hydrogen) atoms. The minimum Gasteiger partial charge on any atom is -0.398 e. The van der Waals surface area contributed by atoms with E-state index in [4.69, 9.17) is 11.0 Å². The van der Waals surface area contributed by atoms with Crippen molar-refractivity contribution < 1.29 is 0 Å². The molecular weight excluding hydrogens is 210 g/mol. The van der Waals surface area contributed by atoms with Crippen LogP contribution < -0.4 is 11.1 Å². The third-order valence-electron chi connectivity index (χ3n) is 3.01. The fourth-order valence-corrected chi connectivity index (χ4v) is 1.89. The Kier molecular flexibility index (Phi) is 4.84. The first kappa shape index (κ1) is 13.4. The fraction of sp³-hybridized carbons (Fsp3) is 0.500. The number of hydrogen-bond donors (Lipinski definition) is 2. The normalized spacial score (nSPS) is 12.2. The van der Waals surface area contributed by atoms with Crippen molar-refractivity contribution in [1.29, 1.82) is 5.26 Å². The van der Waals surface area contributed by atoms with E-state index in [9.17, 15) is 0 Å². The minimum atomic E-state index is 0.361. The van der Waals surface area contributed by atoms with E-state index in [-0.39, 0.29) is 0 Å². The number of hydrogen-bond acceptors (Lipinski definition) is 3. The summed E-state index contributed by atoms with van der Waals surface area (Å²) in [6, 6.07) is 8.40. The van der Waals surface area contributed by atoms with Crippen LogP contribution in [0.5, 0.6) is 0 Å². The molecule has 1 atom stereocenters.